The molecule has 0 bridgehead atoms. The summed E-state index contributed by atoms with van der Waals surface area (Å²) in [6.45, 7) is 0.430. The molecule has 3 aromatic rings. The maximum atomic E-state index is 12.4. The highest BCUT2D eigenvalue weighted by Gasteiger charge is 2.52. The van der Waals surface area contributed by atoms with E-state index in [0.717, 1.165) is 22.9 Å². The number of pyridine rings is 1. The number of carboxylic acid groups (broad SMARTS) is 2. The first-order valence-corrected chi connectivity index (χ1v) is 9.05. The summed E-state index contributed by atoms with van der Waals surface area (Å²) in [5.41, 5.74) is 1.58. The molecule has 0 fully saturated rings. The third kappa shape index (κ3) is 2.95. The van der Waals surface area contributed by atoms with Crippen LogP contribution in [0, 0.1) is 0 Å². The second-order valence-electron chi connectivity index (χ2n) is 6.73. The number of benzene rings is 2. The molecule has 6 nitrogen and oxygen atoms in total. The lowest BCUT2D eigenvalue weighted by molar-refractivity contribution is -0.135. The molecule has 0 saturated heterocycles. The summed E-state index contributed by atoms with van der Waals surface area (Å²) in [7, 11) is 0. The Morgan fingerprint density at radius 2 is 1.59 bits per heavy atom. The molecule has 1 atom stereocenters. The van der Waals surface area contributed by atoms with Crippen molar-refractivity contribution < 1.29 is 19.8 Å². The molecular formula is C23H18N2O4. The maximum Gasteiger partial charge on any atom is 0.334 e. The van der Waals surface area contributed by atoms with Crippen LogP contribution >= 0.6 is 0 Å². The van der Waals surface area contributed by atoms with Gasteiger partial charge in [-0.15, -0.1) is 0 Å². The highest BCUT2D eigenvalue weighted by atomic mass is 16.4. The van der Waals surface area contributed by atoms with Gasteiger partial charge in [0.05, 0.1) is 5.57 Å². The maximum absolute atomic E-state index is 12.4. The van der Waals surface area contributed by atoms with E-state index in [1.165, 1.54) is 0 Å². The van der Waals surface area contributed by atoms with Crippen LogP contribution in [0.2, 0.25) is 0 Å². The predicted molar refractivity (Wildman–Crippen MR) is 107 cm³/mol. The van der Waals surface area contributed by atoms with E-state index >= 15 is 0 Å². The minimum atomic E-state index is -1.31. The summed E-state index contributed by atoms with van der Waals surface area (Å²) in [5.74, 6) is -2.59. The predicted octanol–water partition coefficient (Wildman–Crippen LogP) is 3.44. The van der Waals surface area contributed by atoms with Crippen LogP contribution in [0.3, 0.4) is 0 Å². The van der Waals surface area contributed by atoms with Gasteiger partial charge in [0, 0.05) is 30.7 Å². The minimum absolute atomic E-state index is 0.224. The number of anilines is 1. The summed E-state index contributed by atoms with van der Waals surface area (Å²) < 4.78 is 0. The van der Waals surface area contributed by atoms with Crippen molar-refractivity contribution >= 4 is 17.6 Å². The first-order chi connectivity index (χ1) is 14.0. The number of rotatable bonds is 5. The van der Waals surface area contributed by atoms with Gasteiger partial charge in [0.25, 0.3) is 0 Å². The average Bonchev–Trinajstić information content (AvgIpc) is 3.09. The fraction of sp³-hybridized carbons (Fsp3) is 0.0870. The third-order valence-electron chi connectivity index (χ3n) is 5.19. The van der Waals surface area contributed by atoms with Crippen molar-refractivity contribution in [1.29, 1.82) is 0 Å². The fourth-order valence-electron chi connectivity index (χ4n) is 4.14. The Hall–Kier alpha value is -3.93. The van der Waals surface area contributed by atoms with Crippen LogP contribution in [0.15, 0.2) is 90.8 Å². The van der Waals surface area contributed by atoms with Gasteiger partial charge in [-0.2, -0.15) is 0 Å². The van der Waals surface area contributed by atoms with E-state index < -0.39 is 17.5 Å². The third-order valence-corrected chi connectivity index (χ3v) is 5.19. The molecule has 2 N–H and O–H groups in total. The lowest BCUT2D eigenvalue weighted by atomic mass is 9.76. The van der Waals surface area contributed by atoms with Gasteiger partial charge in [-0.3, -0.25) is 4.98 Å². The average molecular weight is 386 g/mol. The van der Waals surface area contributed by atoms with Crippen LogP contribution in [-0.4, -0.2) is 27.1 Å². The summed E-state index contributed by atoms with van der Waals surface area (Å²) in [6.07, 6.45) is 4.07. The van der Waals surface area contributed by atoms with E-state index in [2.05, 4.69) is 4.98 Å². The summed E-state index contributed by atoms with van der Waals surface area (Å²) >= 11 is 0. The Morgan fingerprint density at radius 1 is 0.931 bits per heavy atom. The molecule has 0 saturated carbocycles. The number of aromatic nitrogens is 1. The molecule has 2 heterocycles. The van der Waals surface area contributed by atoms with Crippen LogP contribution in [0.5, 0.6) is 0 Å². The molecule has 4 rings (SSSR count). The summed E-state index contributed by atoms with van der Waals surface area (Å²) in [4.78, 5) is 30.0. The fourth-order valence-corrected chi connectivity index (χ4v) is 4.14. The highest BCUT2D eigenvalue weighted by Crippen LogP contribution is 2.51. The van der Waals surface area contributed by atoms with Crippen molar-refractivity contribution in [2.75, 3.05) is 4.90 Å². The molecule has 2 aromatic carbocycles. The molecule has 6 heteroatoms. The lowest BCUT2D eigenvalue weighted by Gasteiger charge is -2.41. The van der Waals surface area contributed by atoms with Crippen LogP contribution in [-0.2, 0) is 21.7 Å². The topological polar surface area (TPSA) is 90.7 Å². The molecule has 1 aliphatic rings. The monoisotopic (exact) mass is 386 g/mol. The number of nitrogens with zero attached hydrogens (tertiary/aromatic N) is 2. The first-order valence-electron chi connectivity index (χ1n) is 9.05. The molecule has 0 amide bonds. The lowest BCUT2D eigenvalue weighted by Crippen LogP contribution is -2.46. The summed E-state index contributed by atoms with van der Waals surface area (Å²) in [6, 6.07) is 20.3. The van der Waals surface area contributed by atoms with Crippen molar-refractivity contribution in [3.05, 3.63) is 107 Å². The van der Waals surface area contributed by atoms with Gasteiger partial charge < -0.3 is 15.1 Å². The standard InChI is InChI=1S/C23H18N2O4/c26-21(27)14-20(22(28)29)23(17-7-2-1-3-8-17)19-9-5-4-6-16(19)15-25(23)18-10-12-24-13-11-18/h1-14H,15H2,(H,26,27)(H,28,29)/b20-14-. The molecule has 1 unspecified atom stereocenters. The van der Waals surface area contributed by atoms with Gasteiger partial charge in [-0.25, -0.2) is 9.59 Å². The summed E-state index contributed by atoms with van der Waals surface area (Å²) in [5, 5.41) is 19.6. The van der Waals surface area contributed by atoms with Crippen LogP contribution in [0.25, 0.3) is 0 Å². The van der Waals surface area contributed by atoms with E-state index in [1.54, 1.807) is 24.5 Å². The smallest absolute Gasteiger partial charge is 0.334 e. The van der Waals surface area contributed by atoms with Gasteiger partial charge in [0.15, 0.2) is 0 Å². The Balaban J connectivity index is 2.13. The van der Waals surface area contributed by atoms with E-state index in [1.807, 2.05) is 59.5 Å². The number of carboxylic acids is 2. The number of fused-ring (bicyclic) bond motifs is 1. The zero-order valence-corrected chi connectivity index (χ0v) is 15.4. The number of hydrogen-bond acceptors (Lipinski definition) is 4. The normalized spacial score (nSPS) is 18.3. The van der Waals surface area contributed by atoms with E-state index in [0.29, 0.717) is 12.1 Å². The number of carbonyl (C=O) groups is 2. The molecule has 1 aromatic heterocycles. The zero-order chi connectivity index (χ0) is 20.4. The number of aliphatic carboxylic acids is 2. The largest absolute Gasteiger partial charge is 0.478 e. The second kappa shape index (κ2) is 7.24. The van der Waals surface area contributed by atoms with Crippen LogP contribution in [0.1, 0.15) is 16.7 Å². The molecule has 0 spiro atoms. The molecular weight excluding hydrogens is 368 g/mol. The Labute approximate surface area is 167 Å². The SMILES string of the molecule is O=C(O)/C=C(/C(=O)O)C1(c2ccccc2)c2ccccc2CN1c1ccncc1. The van der Waals surface area contributed by atoms with E-state index in [-0.39, 0.29) is 5.57 Å². The van der Waals surface area contributed by atoms with Gasteiger partial charge in [0.2, 0.25) is 0 Å². The Bertz CT molecular complexity index is 1100. The van der Waals surface area contributed by atoms with Gasteiger partial charge in [0.1, 0.15) is 5.54 Å². The van der Waals surface area contributed by atoms with Gasteiger partial charge in [-0.1, -0.05) is 54.6 Å². The van der Waals surface area contributed by atoms with Crippen molar-refractivity contribution in [2.24, 2.45) is 0 Å². The van der Waals surface area contributed by atoms with Crippen LogP contribution in [0.4, 0.5) is 5.69 Å². The molecule has 0 radical (unpaired) electrons. The van der Waals surface area contributed by atoms with E-state index in [9.17, 15) is 19.8 Å². The Kier molecular flexibility index (Phi) is 4.60. The first kappa shape index (κ1) is 18.4. The Morgan fingerprint density at radius 3 is 2.24 bits per heavy atom. The highest BCUT2D eigenvalue weighted by molar-refractivity contribution is 5.99. The number of hydrogen-bond donors (Lipinski definition) is 2. The minimum Gasteiger partial charge on any atom is -0.478 e. The van der Waals surface area contributed by atoms with E-state index in [4.69, 9.17) is 0 Å². The van der Waals surface area contributed by atoms with Crippen LogP contribution < -0.4 is 4.90 Å². The molecule has 29 heavy (non-hydrogen) atoms. The molecule has 1 aliphatic heterocycles. The van der Waals surface area contributed by atoms with Crippen molar-refractivity contribution in [3.63, 3.8) is 0 Å². The zero-order valence-electron chi connectivity index (χ0n) is 15.4. The molecule has 144 valence electrons. The second-order valence-corrected chi connectivity index (χ2v) is 6.73. The van der Waals surface area contributed by atoms with Crippen molar-refractivity contribution in [3.8, 4) is 0 Å². The molecule has 0 aliphatic carbocycles. The van der Waals surface area contributed by atoms with Gasteiger partial charge >= 0.3 is 11.9 Å². The van der Waals surface area contributed by atoms with Crippen molar-refractivity contribution in [1.82, 2.24) is 4.98 Å². The quantitative estimate of drug-likeness (QED) is 0.653. The van der Waals surface area contributed by atoms with Gasteiger partial charge in [-0.05, 0) is 28.8 Å². The van der Waals surface area contributed by atoms with Crippen molar-refractivity contribution in [2.45, 2.75) is 12.1 Å².